The van der Waals surface area contributed by atoms with E-state index in [-0.39, 0.29) is 19.0 Å². The molecular weight excluding hydrogens is 341 g/mol. The van der Waals surface area contributed by atoms with E-state index in [9.17, 15) is 9.18 Å². The Morgan fingerprint density at radius 1 is 1.24 bits per heavy atom. The van der Waals surface area contributed by atoms with Gasteiger partial charge >= 0.3 is 5.97 Å². The molecule has 0 radical (unpaired) electrons. The molecular formula is C15H13BrFNO3. The molecule has 0 heterocycles. The van der Waals surface area contributed by atoms with Crippen LogP contribution < -0.4 is 10.5 Å². The summed E-state index contributed by atoms with van der Waals surface area (Å²) in [6.07, 6.45) is 0. The molecule has 2 aromatic carbocycles. The molecule has 0 saturated carbocycles. The molecule has 0 spiro atoms. The number of anilines is 1. The molecule has 0 fully saturated rings. The largest absolute Gasteiger partial charge is 0.482 e. The van der Waals surface area contributed by atoms with Crippen LogP contribution in [0.3, 0.4) is 0 Å². The molecule has 21 heavy (non-hydrogen) atoms. The first kappa shape index (κ1) is 15.3. The molecule has 0 aliphatic carbocycles. The second-order valence-corrected chi connectivity index (χ2v) is 5.12. The van der Waals surface area contributed by atoms with Gasteiger partial charge in [0, 0.05) is 11.8 Å². The Balaban J connectivity index is 1.80. The topological polar surface area (TPSA) is 61.5 Å². The molecule has 4 nitrogen and oxygen atoms in total. The van der Waals surface area contributed by atoms with Crippen LogP contribution in [0.15, 0.2) is 46.9 Å². The lowest BCUT2D eigenvalue weighted by Gasteiger charge is -2.08. The molecule has 0 amide bonds. The maximum atomic E-state index is 13.1. The molecule has 2 N–H and O–H groups in total. The summed E-state index contributed by atoms with van der Waals surface area (Å²) in [5.41, 5.74) is 6.83. The summed E-state index contributed by atoms with van der Waals surface area (Å²) >= 11 is 3.07. The smallest absolute Gasteiger partial charge is 0.344 e. The van der Waals surface area contributed by atoms with Crippen LogP contribution in [-0.2, 0) is 16.1 Å². The maximum absolute atomic E-state index is 13.1. The van der Waals surface area contributed by atoms with Crippen LogP contribution in [0.4, 0.5) is 10.1 Å². The Morgan fingerprint density at radius 3 is 2.76 bits per heavy atom. The fraction of sp³-hybridized carbons (Fsp3) is 0.133. The molecule has 0 saturated heterocycles. The molecule has 2 rings (SSSR count). The van der Waals surface area contributed by atoms with Gasteiger partial charge in [0.1, 0.15) is 18.2 Å². The summed E-state index contributed by atoms with van der Waals surface area (Å²) < 4.78 is 23.7. The third-order valence-electron chi connectivity index (χ3n) is 2.60. The van der Waals surface area contributed by atoms with Gasteiger partial charge < -0.3 is 15.2 Å². The number of hydrogen-bond acceptors (Lipinski definition) is 4. The summed E-state index contributed by atoms with van der Waals surface area (Å²) in [6.45, 7) is -0.163. The summed E-state index contributed by atoms with van der Waals surface area (Å²) in [6, 6.07) is 11.2. The standard InChI is InChI=1S/C15H13BrFNO3/c16-13-6-10(4-5-14(13)17)8-21-15(19)9-20-12-3-1-2-11(18)7-12/h1-7H,8-9,18H2. The van der Waals surface area contributed by atoms with E-state index < -0.39 is 5.97 Å². The molecule has 0 aliphatic heterocycles. The normalized spacial score (nSPS) is 10.2. The van der Waals surface area contributed by atoms with Gasteiger partial charge in [-0.15, -0.1) is 0 Å². The van der Waals surface area contributed by atoms with E-state index in [1.54, 1.807) is 36.4 Å². The molecule has 2 aromatic rings. The van der Waals surface area contributed by atoms with Crippen molar-refractivity contribution in [3.63, 3.8) is 0 Å². The quantitative estimate of drug-likeness (QED) is 0.661. The lowest BCUT2D eigenvalue weighted by Crippen LogP contribution is -2.14. The number of nitrogen functional groups attached to an aromatic ring is 1. The number of carbonyl (C=O) groups excluding carboxylic acids is 1. The van der Waals surface area contributed by atoms with Crippen molar-refractivity contribution in [1.29, 1.82) is 0 Å². The average Bonchev–Trinajstić information content (AvgIpc) is 2.46. The fourth-order valence-corrected chi connectivity index (χ4v) is 2.01. The van der Waals surface area contributed by atoms with Crippen LogP contribution in [0.2, 0.25) is 0 Å². The van der Waals surface area contributed by atoms with Gasteiger partial charge in [0.15, 0.2) is 6.61 Å². The second kappa shape index (κ2) is 7.08. The van der Waals surface area contributed by atoms with Gasteiger partial charge in [-0.2, -0.15) is 0 Å². The van der Waals surface area contributed by atoms with Crippen LogP contribution >= 0.6 is 15.9 Å². The molecule has 0 aromatic heterocycles. The highest BCUT2D eigenvalue weighted by atomic mass is 79.9. The van der Waals surface area contributed by atoms with E-state index in [1.165, 1.54) is 6.07 Å². The van der Waals surface area contributed by atoms with Gasteiger partial charge in [-0.05, 0) is 45.8 Å². The average molecular weight is 354 g/mol. The van der Waals surface area contributed by atoms with Gasteiger partial charge in [0.05, 0.1) is 4.47 Å². The first-order valence-electron chi connectivity index (χ1n) is 6.12. The van der Waals surface area contributed by atoms with Crippen LogP contribution in [0.1, 0.15) is 5.56 Å². The molecule has 110 valence electrons. The Kier molecular flexibility index (Phi) is 5.16. The number of carbonyl (C=O) groups is 1. The van der Waals surface area contributed by atoms with Crippen molar-refractivity contribution in [2.24, 2.45) is 0 Å². The fourth-order valence-electron chi connectivity index (χ4n) is 1.58. The Hall–Kier alpha value is -2.08. The van der Waals surface area contributed by atoms with Gasteiger partial charge in [0.25, 0.3) is 0 Å². The van der Waals surface area contributed by atoms with Crippen LogP contribution in [0.25, 0.3) is 0 Å². The Morgan fingerprint density at radius 2 is 2.05 bits per heavy atom. The molecule has 0 aliphatic rings. The number of esters is 1. The summed E-state index contributed by atoms with van der Waals surface area (Å²) in [5, 5.41) is 0. The van der Waals surface area contributed by atoms with E-state index >= 15 is 0 Å². The Bertz CT molecular complexity index is 649. The minimum absolute atomic E-state index is 0.0536. The van der Waals surface area contributed by atoms with E-state index in [0.717, 1.165) is 0 Å². The summed E-state index contributed by atoms with van der Waals surface area (Å²) in [4.78, 5) is 11.6. The Labute approximate surface area is 129 Å². The van der Waals surface area contributed by atoms with E-state index in [0.29, 0.717) is 21.5 Å². The number of ether oxygens (including phenoxy) is 2. The van der Waals surface area contributed by atoms with Crippen molar-refractivity contribution in [1.82, 2.24) is 0 Å². The van der Waals surface area contributed by atoms with Gasteiger partial charge in [-0.25, -0.2) is 9.18 Å². The van der Waals surface area contributed by atoms with Crippen LogP contribution in [0, 0.1) is 5.82 Å². The van der Waals surface area contributed by atoms with Crippen molar-refractivity contribution in [3.05, 3.63) is 58.3 Å². The lowest BCUT2D eigenvalue weighted by atomic mass is 10.2. The zero-order valence-corrected chi connectivity index (χ0v) is 12.6. The number of hydrogen-bond donors (Lipinski definition) is 1. The van der Waals surface area contributed by atoms with Crippen molar-refractivity contribution in [2.75, 3.05) is 12.3 Å². The number of nitrogens with two attached hydrogens (primary N) is 1. The summed E-state index contributed by atoms with van der Waals surface area (Å²) in [7, 11) is 0. The highest BCUT2D eigenvalue weighted by Gasteiger charge is 2.06. The highest BCUT2D eigenvalue weighted by molar-refractivity contribution is 9.10. The monoisotopic (exact) mass is 353 g/mol. The van der Waals surface area contributed by atoms with Gasteiger partial charge in [-0.1, -0.05) is 12.1 Å². The second-order valence-electron chi connectivity index (χ2n) is 4.27. The minimum Gasteiger partial charge on any atom is -0.482 e. The van der Waals surface area contributed by atoms with Crippen LogP contribution in [-0.4, -0.2) is 12.6 Å². The first-order chi connectivity index (χ1) is 10.0. The third-order valence-corrected chi connectivity index (χ3v) is 3.21. The van der Waals surface area contributed by atoms with Crippen LogP contribution in [0.5, 0.6) is 5.75 Å². The third kappa shape index (κ3) is 4.75. The zero-order valence-electron chi connectivity index (χ0n) is 11.0. The van der Waals surface area contributed by atoms with E-state index in [1.807, 2.05) is 0 Å². The summed E-state index contributed by atoms with van der Waals surface area (Å²) in [5.74, 6) is -0.385. The number of halogens is 2. The highest BCUT2D eigenvalue weighted by Crippen LogP contribution is 2.17. The molecule has 0 bridgehead atoms. The lowest BCUT2D eigenvalue weighted by molar-refractivity contribution is -0.147. The zero-order chi connectivity index (χ0) is 15.2. The minimum atomic E-state index is -0.516. The number of benzene rings is 2. The molecule has 6 heteroatoms. The predicted octanol–water partition coefficient (Wildman–Crippen LogP) is 3.29. The molecule has 0 unspecified atom stereocenters. The van der Waals surface area contributed by atoms with Gasteiger partial charge in [0.2, 0.25) is 0 Å². The van der Waals surface area contributed by atoms with E-state index in [2.05, 4.69) is 15.9 Å². The van der Waals surface area contributed by atoms with Crippen molar-refractivity contribution in [2.45, 2.75) is 6.61 Å². The van der Waals surface area contributed by atoms with Gasteiger partial charge in [-0.3, -0.25) is 0 Å². The SMILES string of the molecule is Nc1cccc(OCC(=O)OCc2ccc(F)c(Br)c2)c1. The number of rotatable bonds is 5. The van der Waals surface area contributed by atoms with Crippen molar-refractivity contribution in [3.8, 4) is 5.75 Å². The predicted molar refractivity (Wildman–Crippen MR) is 80.2 cm³/mol. The molecule has 0 atom stereocenters. The van der Waals surface area contributed by atoms with E-state index in [4.69, 9.17) is 15.2 Å². The van der Waals surface area contributed by atoms with Crippen molar-refractivity contribution < 1.29 is 18.7 Å². The van der Waals surface area contributed by atoms with Crippen molar-refractivity contribution >= 4 is 27.6 Å². The maximum Gasteiger partial charge on any atom is 0.344 e. The first-order valence-corrected chi connectivity index (χ1v) is 6.92.